The highest BCUT2D eigenvalue weighted by Gasteiger charge is 2.36. The maximum Gasteiger partial charge on any atom is 0.573 e. The molecular formula is C18H23F3N2O3. The van der Waals surface area contributed by atoms with Crippen molar-refractivity contribution in [3.63, 3.8) is 0 Å². The Morgan fingerprint density at radius 1 is 1.23 bits per heavy atom. The van der Waals surface area contributed by atoms with Gasteiger partial charge in [-0.2, -0.15) is 0 Å². The fourth-order valence-electron chi connectivity index (χ4n) is 3.27. The molecule has 2 saturated carbocycles. The van der Waals surface area contributed by atoms with Gasteiger partial charge in [0.25, 0.3) is 0 Å². The topological polar surface area (TPSA) is 61.8 Å². The quantitative estimate of drug-likeness (QED) is 0.698. The van der Waals surface area contributed by atoms with E-state index in [1.54, 1.807) is 12.1 Å². The largest absolute Gasteiger partial charge is 0.573 e. The van der Waals surface area contributed by atoms with Crippen LogP contribution in [0.15, 0.2) is 24.3 Å². The van der Waals surface area contributed by atoms with Crippen LogP contribution in [0.3, 0.4) is 0 Å². The summed E-state index contributed by atoms with van der Waals surface area (Å²) in [5.41, 5.74) is 0.878. The van der Waals surface area contributed by atoms with Gasteiger partial charge >= 0.3 is 12.3 Å². The maximum absolute atomic E-state index is 12.1. The van der Waals surface area contributed by atoms with Crippen molar-refractivity contribution in [2.45, 2.75) is 50.7 Å². The number of ether oxygens (including phenoxy) is 1. The first-order valence-electron chi connectivity index (χ1n) is 8.82. The molecule has 144 valence electrons. The summed E-state index contributed by atoms with van der Waals surface area (Å²) in [5.74, 6) is -0.364. The minimum absolute atomic E-state index is 0.0918. The highest BCUT2D eigenvalue weighted by molar-refractivity contribution is 5.69. The van der Waals surface area contributed by atoms with Crippen LogP contribution in [0.4, 0.5) is 13.2 Å². The molecule has 0 aromatic heterocycles. The van der Waals surface area contributed by atoms with Crippen molar-refractivity contribution in [2.75, 3.05) is 13.1 Å². The number of halogens is 3. The number of hydrogen-bond donors (Lipinski definition) is 2. The van der Waals surface area contributed by atoms with Gasteiger partial charge in [-0.25, -0.2) is 0 Å². The predicted molar refractivity (Wildman–Crippen MR) is 88.7 cm³/mol. The molecule has 0 saturated heterocycles. The molecule has 26 heavy (non-hydrogen) atoms. The fourth-order valence-corrected chi connectivity index (χ4v) is 3.27. The standard InChI is InChI=1S/C18H23F3N2O3/c19-18(20,21)26-16-5-3-12(4-6-16)9-22-14-7-15(8-14)23(11-17(24)25)10-13-1-2-13/h3-6,13-15,22H,1-2,7-11H2,(H,24,25). The van der Waals surface area contributed by atoms with Gasteiger partial charge in [0.15, 0.2) is 0 Å². The molecule has 8 heteroatoms. The van der Waals surface area contributed by atoms with Crippen LogP contribution in [-0.2, 0) is 11.3 Å². The fraction of sp³-hybridized carbons (Fsp3) is 0.611. The molecule has 2 N–H and O–H groups in total. The molecular weight excluding hydrogens is 349 g/mol. The van der Waals surface area contributed by atoms with Crippen LogP contribution in [0.25, 0.3) is 0 Å². The SMILES string of the molecule is O=C(O)CN(CC1CC1)C1CC(NCc2ccc(OC(F)(F)F)cc2)C1. The van der Waals surface area contributed by atoms with Crippen molar-refractivity contribution in [3.05, 3.63) is 29.8 Å². The first kappa shape index (κ1) is 19.0. The number of carboxylic acid groups (broad SMARTS) is 1. The third-order valence-corrected chi connectivity index (χ3v) is 4.91. The Balaban J connectivity index is 1.40. The van der Waals surface area contributed by atoms with Crippen molar-refractivity contribution < 1.29 is 27.8 Å². The Labute approximate surface area is 150 Å². The average Bonchev–Trinajstić information content (AvgIpc) is 3.29. The molecule has 0 unspecified atom stereocenters. The van der Waals surface area contributed by atoms with Crippen LogP contribution in [0.5, 0.6) is 5.75 Å². The van der Waals surface area contributed by atoms with E-state index in [1.807, 2.05) is 0 Å². The second kappa shape index (κ2) is 7.84. The van der Waals surface area contributed by atoms with E-state index in [9.17, 15) is 18.0 Å². The van der Waals surface area contributed by atoms with E-state index in [0.29, 0.717) is 24.5 Å². The molecule has 2 aliphatic rings. The van der Waals surface area contributed by atoms with Gasteiger partial charge in [0.2, 0.25) is 0 Å². The van der Waals surface area contributed by atoms with E-state index in [-0.39, 0.29) is 12.3 Å². The van der Waals surface area contributed by atoms with E-state index in [1.165, 1.54) is 25.0 Å². The van der Waals surface area contributed by atoms with Crippen LogP contribution < -0.4 is 10.1 Å². The molecule has 2 aliphatic carbocycles. The Bertz CT molecular complexity index is 611. The van der Waals surface area contributed by atoms with Gasteiger partial charge in [0, 0.05) is 25.2 Å². The predicted octanol–water partition coefficient (Wildman–Crippen LogP) is 3.00. The summed E-state index contributed by atoms with van der Waals surface area (Å²) < 4.78 is 40.3. The third kappa shape index (κ3) is 5.88. The summed E-state index contributed by atoms with van der Waals surface area (Å²) in [5, 5.41) is 12.4. The van der Waals surface area contributed by atoms with Gasteiger partial charge < -0.3 is 15.2 Å². The van der Waals surface area contributed by atoms with E-state index < -0.39 is 12.3 Å². The average molecular weight is 372 g/mol. The summed E-state index contributed by atoms with van der Waals surface area (Å²) in [6, 6.07) is 6.42. The number of carbonyl (C=O) groups is 1. The number of nitrogens with one attached hydrogen (secondary N) is 1. The molecule has 0 aliphatic heterocycles. The highest BCUT2D eigenvalue weighted by Crippen LogP contribution is 2.34. The van der Waals surface area contributed by atoms with E-state index in [0.717, 1.165) is 24.9 Å². The van der Waals surface area contributed by atoms with E-state index in [4.69, 9.17) is 5.11 Å². The minimum Gasteiger partial charge on any atom is -0.480 e. The van der Waals surface area contributed by atoms with Crippen LogP contribution in [0, 0.1) is 5.92 Å². The number of alkyl halides is 3. The lowest BCUT2D eigenvalue weighted by Gasteiger charge is -2.43. The lowest BCUT2D eigenvalue weighted by atomic mass is 9.85. The summed E-state index contributed by atoms with van der Waals surface area (Å²) in [6.07, 6.45) is -0.495. The number of carboxylic acids is 1. The van der Waals surface area contributed by atoms with Gasteiger partial charge in [-0.05, 0) is 49.3 Å². The third-order valence-electron chi connectivity index (χ3n) is 4.91. The Morgan fingerprint density at radius 2 is 1.88 bits per heavy atom. The first-order valence-corrected chi connectivity index (χ1v) is 8.82. The highest BCUT2D eigenvalue weighted by atomic mass is 19.4. The van der Waals surface area contributed by atoms with Crippen LogP contribution in [0.1, 0.15) is 31.2 Å². The van der Waals surface area contributed by atoms with Crippen LogP contribution in [0.2, 0.25) is 0 Å². The van der Waals surface area contributed by atoms with Gasteiger partial charge in [-0.1, -0.05) is 12.1 Å². The summed E-state index contributed by atoms with van der Waals surface area (Å²) in [7, 11) is 0. The van der Waals surface area contributed by atoms with Crippen molar-refractivity contribution in [2.24, 2.45) is 5.92 Å². The molecule has 1 aromatic rings. The van der Waals surface area contributed by atoms with E-state index in [2.05, 4.69) is 15.0 Å². The monoisotopic (exact) mass is 372 g/mol. The molecule has 0 bridgehead atoms. The van der Waals surface area contributed by atoms with Crippen molar-refractivity contribution in [3.8, 4) is 5.75 Å². The van der Waals surface area contributed by atoms with Gasteiger partial charge in [0.1, 0.15) is 5.75 Å². The van der Waals surface area contributed by atoms with Crippen LogP contribution >= 0.6 is 0 Å². The zero-order chi connectivity index (χ0) is 18.7. The lowest BCUT2D eigenvalue weighted by Crippen LogP contribution is -2.54. The molecule has 5 nitrogen and oxygen atoms in total. The van der Waals surface area contributed by atoms with Gasteiger partial charge in [-0.3, -0.25) is 9.69 Å². The summed E-state index contributed by atoms with van der Waals surface area (Å²) in [4.78, 5) is 13.1. The molecule has 0 radical (unpaired) electrons. The number of hydrogen-bond acceptors (Lipinski definition) is 4. The van der Waals surface area contributed by atoms with Crippen molar-refractivity contribution in [1.29, 1.82) is 0 Å². The number of nitrogens with zero attached hydrogens (tertiary/aromatic N) is 1. The Hall–Kier alpha value is -1.80. The van der Waals surface area contributed by atoms with Gasteiger partial charge in [0.05, 0.1) is 6.54 Å². The second-order valence-corrected chi connectivity index (χ2v) is 7.16. The molecule has 2 fully saturated rings. The molecule has 0 heterocycles. The molecule has 0 spiro atoms. The van der Waals surface area contributed by atoms with E-state index >= 15 is 0 Å². The lowest BCUT2D eigenvalue weighted by molar-refractivity contribution is -0.274. The minimum atomic E-state index is -4.68. The molecule has 3 rings (SSSR count). The molecule has 0 amide bonds. The van der Waals surface area contributed by atoms with Crippen LogP contribution in [-0.4, -0.2) is 47.5 Å². The second-order valence-electron chi connectivity index (χ2n) is 7.16. The van der Waals surface area contributed by atoms with Gasteiger partial charge in [-0.15, -0.1) is 13.2 Å². The zero-order valence-electron chi connectivity index (χ0n) is 14.3. The molecule has 0 atom stereocenters. The Morgan fingerprint density at radius 3 is 2.42 bits per heavy atom. The number of rotatable bonds is 9. The summed E-state index contributed by atoms with van der Waals surface area (Å²) in [6.45, 7) is 1.52. The van der Waals surface area contributed by atoms with Crippen molar-refractivity contribution in [1.82, 2.24) is 10.2 Å². The summed E-state index contributed by atoms with van der Waals surface area (Å²) >= 11 is 0. The Kier molecular flexibility index (Phi) is 5.72. The maximum atomic E-state index is 12.1. The molecule has 1 aromatic carbocycles. The number of benzene rings is 1. The smallest absolute Gasteiger partial charge is 0.480 e. The zero-order valence-corrected chi connectivity index (χ0v) is 14.3. The number of aliphatic carboxylic acids is 1. The van der Waals surface area contributed by atoms with Crippen molar-refractivity contribution >= 4 is 5.97 Å². The first-order chi connectivity index (χ1) is 12.3. The normalized spacial score (nSPS) is 22.9.